The number of nitrogens with one attached hydrogen (secondary N) is 1. The van der Waals surface area contributed by atoms with E-state index < -0.39 is 0 Å². The van der Waals surface area contributed by atoms with Gasteiger partial charge in [-0.05, 0) is 57.9 Å². The summed E-state index contributed by atoms with van der Waals surface area (Å²) >= 11 is 0. The maximum absolute atomic E-state index is 3.51. The highest BCUT2D eigenvalue weighted by Gasteiger charge is 2.00. The van der Waals surface area contributed by atoms with Crippen LogP contribution in [0.25, 0.3) is 0 Å². The highest BCUT2D eigenvalue weighted by Crippen LogP contribution is 2.07. The summed E-state index contributed by atoms with van der Waals surface area (Å²) in [5, 5.41) is 3.51. The van der Waals surface area contributed by atoms with Crippen LogP contribution in [0.4, 0.5) is 0 Å². The maximum atomic E-state index is 3.51. The lowest BCUT2D eigenvalue weighted by Gasteiger charge is -2.16. The molecule has 0 saturated heterocycles. The van der Waals surface area contributed by atoms with Crippen LogP contribution in [0.2, 0.25) is 0 Å². The molecule has 0 atom stereocenters. The molecule has 0 aliphatic rings. The molecule has 0 bridgehead atoms. The van der Waals surface area contributed by atoms with E-state index in [9.17, 15) is 0 Å². The molecule has 1 rings (SSSR count). The van der Waals surface area contributed by atoms with Crippen LogP contribution in [-0.4, -0.2) is 31.6 Å². The zero-order chi connectivity index (χ0) is 15.5. The lowest BCUT2D eigenvalue weighted by atomic mass is 10.1. The first-order valence-electron chi connectivity index (χ1n) is 8.52. The molecule has 120 valence electrons. The van der Waals surface area contributed by atoms with E-state index in [1.165, 1.54) is 49.9 Å². The molecule has 0 aliphatic heterocycles. The maximum Gasteiger partial charge on any atom is 0.0230 e. The van der Waals surface area contributed by atoms with Crippen LogP contribution >= 0.6 is 0 Å². The minimum absolute atomic E-state index is 0.764. The zero-order valence-electron chi connectivity index (χ0n) is 14.5. The number of aryl methyl sites for hydroxylation is 1. The fourth-order valence-electron chi connectivity index (χ4n) is 2.46. The normalized spacial score (nSPS) is 11.5. The average molecular weight is 290 g/mol. The molecule has 0 radical (unpaired) electrons. The van der Waals surface area contributed by atoms with E-state index in [0.29, 0.717) is 0 Å². The van der Waals surface area contributed by atoms with E-state index in [-0.39, 0.29) is 0 Å². The largest absolute Gasteiger partial charge is 0.316 e. The van der Waals surface area contributed by atoms with Crippen molar-refractivity contribution in [3.8, 4) is 0 Å². The summed E-state index contributed by atoms with van der Waals surface area (Å²) in [6.45, 7) is 11.3. The second kappa shape index (κ2) is 10.8. The van der Waals surface area contributed by atoms with Crippen molar-refractivity contribution in [1.29, 1.82) is 0 Å². The van der Waals surface area contributed by atoms with Gasteiger partial charge in [0, 0.05) is 6.54 Å². The standard InChI is InChI=1S/C19H34N2/c1-17(2)15-20-13-7-5-6-8-14-21(4)16-19-11-9-18(3)10-12-19/h9-12,17,20H,5-8,13-16H2,1-4H3. The van der Waals surface area contributed by atoms with Gasteiger partial charge in [0.1, 0.15) is 0 Å². The Morgan fingerprint density at radius 2 is 1.67 bits per heavy atom. The van der Waals surface area contributed by atoms with Crippen LogP contribution in [0.5, 0.6) is 0 Å². The van der Waals surface area contributed by atoms with Crippen LogP contribution in [-0.2, 0) is 6.54 Å². The van der Waals surface area contributed by atoms with E-state index in [1.807, 2.05) is 0 Å². The molecule has 0 heterocycles. The molecule has 0 saturated carbocycles. The highest BCUT2D eigenvalue weighted by atomic mass is 15.1. The summed E-state index contributed by atoms with van der Waals surface area (Å²) in [5.41, 5.74) is 2.76. The van der Waals surface area contributed by atoms with Crippen LogP contribution in [0, 0.1) is 12.8 Å². The van der Waals surface area contributed by atoms with E-state index in [2.05, 4.69) is 62.3 Å². The molecule has 0 fully saturated rings. The van der Waals surface area contributed by atoms with Gasteiger partial charge in [-0.25, -0.2) is 0 Å². The molecule has 21 heavy (non-hydrogen) atoms. The molecule has 0 aromatic heterocycles. The summed E-state index contributed by atoms with van der Waals surface area (Å²) in [4.78, 5) is 2.43. The number of hydrogen-bond donors (Lipinski definition) is 1. The van der Waals surface area contributed by atoms with Gasteiger partial charge < -0.3 is 10.2 Å². The van der Waals surface area contributed by atoms with E-state index in [0.717, 1.165) is 19.0 Å². The van der Waals surface area contributed by atoms with Gasteiger partial charge >= 0.3 is 0 Å². The Morgan fingerprint density at radius 3 is 2.33 bits per heavy atom. The molecule has 0 unspecified atom stereocenters. The molecule has 1 aromatic rings. The molecule has 2 nitrogen and oxygen atoms in total. The molecular weight excluding hydrogens is 256 g/mol. The zero-order valence-corrected chi connectivity index (χ0v) is 14.5. The van der Waals surface area contributed by atoms with Crippen LogP contribution in [0.3, 0.4) is 0 Å². The first-order chi connectivity index (χ1) is 10.1. The summed E-state index contributed by atoms with van der Waals surface area (Å²) in [5.74, 6) is 0.764. The van der Waals surface area contributed by atoms with Crippen molar-refractivity contribution in [3.05, 3.63) is 35.4 Å². The number of rotatable bonds is 11. The first kappa shape index (κ1) is 18.2. The van der Waals surface area contributed by atoms with Gasteiger partial charge in [0.2, 0.25) is 0 Å². The van der Waals surface area contributed by atoms with E-state index in [1.54, 1.807) is 0 Å². The van der Waals surface area contributed by atoms with Crippen LogP contribution in [0.1, 0.15) is 50.7 Å². The van der Waals surface area contributed by atoms with Crippen LogP contribution in [0.15, 0.2) is 24.3 Å². The monoisotopic (exact) mass is 290 g/mol. The fraction of sp³-hybridized carbons (Fsp3) is 0.684. The van der Waals surface area contributed by atoms with Crippen molar-refractivity contribution >= 4 is 0 Å². The Kier molecular flexibility index (Phi) is 9.36. The van der Waals surface area contributed by atoms with Gasteiger partial charge in [0.25, 0.3) is 0 Å². The number of benzene rings is 1. The van der Waals surface area contributed by atoms with Crippen molar-refractivity contribution < 1.29 is 0 Å². The molecular formula is C19H34N2. The second-order valence-electron chi connectivity index (χ2n) is 6.74. The topological polar surface area (TPSA) is 15.3 Å². The molecule has 0 aliphatic carbocycles. The van der Waals surface area contributed by atoms with Gasteiger partial charge in [0.05, 0.1) is 0 Å². The van der Waals surface area contributed by atoms with Crippen molar-refractivity contribution in [3.63, 3.8) is 0 Å². The smallest absolute Gasteiger partial charge is 0.0230 e. The van der Waals surface area contributed by atoms with Gasteiger partial charge in [-0.3, -0.25) is 0 Å². The summed E-state index contributed by atoms with van der Waals surface area (Å²) < 4.78 is 0. The third kappa shape index (κ3) is 9.65. The Labute approximate surface area is 131 Å². The number of hydrogen-bond acceptors (Lipinski definition) is 2. The Morgan fingerprint density at radius 1 is 1.00 bits per heavy atom. The average Bonchev–Trinajstić information content (AvgIpc) is 2.44. The third-order valence-corrected chi connectivity index (χ3v) is 3.77. The van der Waals surface area contributed by atoms with Gasteiger partial charge in [-0.1, -0.05) is 56.5 Å². The van der Waals surface area contributed by atoms with Gasteiger partial charge in [0.15, 0.2) is 0 Å². The van der Waals surface area contributed by atoms with Crippen molar-refractivity contribution in [2.75, 3.05) is 26.7 Å². The molecule has 0 spiro atoms. The first-order valence-corrected chi connectivity index (χ1v) is 8.52. The quantitative estimate of drug-likeness (QED) is 0.613. The Bertz CT molecular complexity index is 356. The molecule has 1 aromatic carbocycles. The predicted octanol–water partition coefficient (Wildman–Crippen LogP) is 4.23. The second-order valence-corrected chi connectivity index (χ2v) is 6.74. The van der Waals surface area contributed by atoms with Crippen molar-refractivity contribution in [2.24, 2.45) is 5.92 Å². The minimum Gasteiger partial charge on any atom is -0.316 e. The molecule has 2 heteroatoms. The lowest BCUT2D eigenvalue weighted by Crippen LogP contribution is -2.21. The predicted molar refractivity (Wildman–Crippen MR) is 93.7 cm³/mol. The third-order valence-electron chi connectivity index (χ3n) is 3.77. The van der Waals surface area contributed by atoms with E-state index >= 15 is 0 Å². The van der Waals surface area contributed by atoms with Crippen LogP contribution < -0.4 is 5.32 Å². The summed E-state index contributed by atoms with van der Waals surface area (Å²) in [6.07, 6.45) is 5.33. The SMILES string of the molecule is Cc1ccc(CN(C)CCCCCCNCC(C)C)cc1. The van der Waals surface area contributed by atoms with E-state index in [4.69, 9.17) is 0 Å². The molecule has 1 N–H and O–H groups in total. The molecule has 0 amide bonds. The Balaban J connectivity index is 1.98. The fourth-order valence-corrected chi connectivity index (χ4v) is 2.46. The Hall–Kier alpha value is -0.860. The lowest BCUT2D eigenvalue weighted by molar-refractivity contribution is 0.316. The van der Waals surface area contributed by atoms with Gasteiger partial charge in [-0.2, -0.15) is 0 Å². The highest BCUT2D eigenvalue weighted by molar-refractivity contribution is 5.21. The number of nitrogens with zero attached hydrogens (tertiary/aromatic N) is 1. The number of unbranched alkanes of at least 4 members (excludes halogenated alkanes) is 3. The summed E-state index contributed by atoms with van der Waals surface area (Å²) in [6, 6.07) is 8.89. The minimum atomic E-state index is 0.764. The van der Waals surface area contributed by atoms with Crippen molar-refractivity contribution in [1.82, 2.24) is 10.2 Å². The summed E-state index contributed by atoms with van der Waals surface area (Å²) in [7, 11) is 2.23. The van der Waals surface area contributed by atoms with Gasteiger partial charge in [-0.15, -0.1) is 0 Å². The van der Waals surface area contributed by atoms with Crippen molar-refractivity contribution in [2.45, 2.75) is 53.0 Å².